The van der Waals surface area contributed by atoms with Crippen LogP contribution in [0, 0.1) is 13.8 Å². The van der Waals surface area contributed by atoms with Gasteiger partial charge in [0.05, 0.1) is 0 Å². The van der Waals surface area contributed by atoms with Gasteiger partial charge in [-0.1, -0.05) is 49.1 Å². The third kappa shape index (κ3) is 5.11. The van der Waals surface area contributed by atoms with Crippen LogP contribution in [0.4, 0.5) is 5.69 Å². The van der Waals surface area contributed by atoms with Crippen LogP contribution in [0.3, 0.4) is 0 Å². The summed E-state index contributed by atoms with van der Waals surface area (Å²) in [6.07, 6.45) is 4.84. The van der Waals surface area contributed by atoms with Crippen LogP contribution >= 0.6 is 11.6 Å². The molecule has 1 aliphatic carbocycles. The van der Waals surface area contributed by atoms with Crippen molar-refractivity contribution < 1.29 is 14.4 Å². The average molecular weight is 466 g/mol. The molecule has 2 aromatic rings. The van der Waals surface area contributed by atoms with Crippen molar-refractivity contribution in [2.45, 2.75) is 58.5 Å². The van der Waals surface area contributed by atoms with Gasteiger partial charge in [0.15, 0.2) is 0 Å². The van der Waals surface area contributed by atoms with Crippen molar-refractivity contribution in [3.63, 3.8) is 0 Å². The third-order valence-corrected chi connectivity index (χ3v) is 6.51. The van der Waals surface area contributed by atoms with E-state index in [-0.39, 0.29) is 28.6 Å². The highest BCUT2D eigenvalue weighted by Gasteiger charge is 2.41. The number of imide groups is 1. The second kappa shape index (κ2) is 9.79. The number of nitrogens with one attached hydrogen (secondary N) is 2. The molecule has 3 amide bonds. The first-order valence-electron chi connectivity index (χ1n) is 11.3. The fourth-order valence-electron chi connectivity index (χ4n) is 4.56. The van der Waals surface area contributed by atoms with Crippen LogP contribution in [0.15, 0.2) is 53.2 Å². The van der Waals surface area contributed by atoms with Crippen LogP contribution in [-0.4, -0.2) is 28.7 Å². The molecule has 2 aromatic carbocycles. The van der Waals surface area contributed by atoms with E-state index in [2.05, 4.69) is 16.7 Å². The Hall–Kier alpha value is -3.12. The first-order chi connectivity index (χ1) is 15.8. The lowest BCUT2D eigenvalue weighted by Crippen LogP contribution is -2.43. The molecule has 4 rings (SSSR count). The molecule has 7 heteroatoms. The van der Waals surface area contributed by atoms with E-state index in [1.807, 2.05) is 38.1 Å². The van der Waals surface area contributed by atoms with E-state index < -0.39 is 5.91 Å². The highest BCUT2D eigenvalue weighted by molar-refractivity contribution is 6.47. The minimum atomic E-state index is -0.408. The van der Waals surface area contributed by atoms with Gasteiger partial charge >= 0.3 is 0 Å². The van der Waals surface area contributed by atoms with Crippen LogP contribution in [-0.2, 0) is 16.1 Å². The third-order valence-electron chi connectivity index (χ3n) is 6.16. The summed E-state index contributed by atoms with van der Waals surface area (Å²) in [5.74, 6) is -0.944. The van der Waals surface area contributed by atoms with E-state index in [9.17, 15) is 14.4 Å². The molecule has 0 unspecified atom stereocenters. The van der Waals surface area contributed by atoms with Gasteiger partial charge in [-0.15, -0.1) is 0 Å². The van der Waals surface area contributed by atoms with Crippen LogP contribution < -0.4 is 10.6 Å². The number of benzene rings is 2. The van der Waals surface area contributed by atoms with Gasteiger partial charge < -0.3 is 10.6 Å². The Balaban J connectivity index is 1.37. The Labute approximate surface area is 199 Å². The zero-order chi connectivity index (χ0) is 23.5. The summed E-state index contributed by atoms with van der Waals surface area (Å²) in [6.45, 7) is 4.30. The minimum Gasteiger partial charge on any atom is -0.375 e. The van der Waals surface area contributed by atoms with E-state index in [4.69, 9.17) is 11.6 Å². The second-order valence-electron chi connectivity index (χ2n) is 8.84. The van der Waals surface area contributed by atoms with Crippen molar-refractivity contribution >= 4 is 35.0 Å². The molecule has 33 heavy (non-hydrogen) atoms. The van der Waals surface area contributed by atoms with Crippen molar-refractivity contribution in [1.82, 2.24) is 10.2 Å². The quantitative estimate of drug-likeness (QED) is 0.601. The second-order valence-corrected chi connectivity index (χ2v) is 9.22. The van der Waals surface area contributed by atoms with Crippen molar-refractivity contribution in [1.29, 1.82) is 0 Å². The zero-order valence-corrected chi connectivity index (χ0v) is 19.7. The molecular formula is C26H28ClN3O3. The highest BCUT2D eigenvalue weighted by atomic mass is 35.5. The molecule has 0 atom stereocenters. The minimum absolute atomic E-state index is 0.0463. The molecule has 0 spiro atoms. The number of rotatable bonds is 6. The maximum Gasteiger partial charge on any atom is 0.278 e. The van der Waals surface area contributed by atoms with Gasteiger partial charge in [0.1, 0.15) is 10.7 Å². The summed E-state index contributed by atoms with van der Waals surface area (Å²) in [6, 6.07) is 12.9. The van der Waals surface area contributed by atoms with Crippen LogP contribution in [0.2, 0.25) is 0 Å². The molecule has 1 heterocycles. The fraction of sp³-hybridized carbons (Fsp3) is 0.346. The number of nitrogens with zero attached hydrogens (tertiary/aromatic N) is 1. The summed E-state index contributed by atoms with van der Waals surface area (Å²) in [5, 5.41) is 5.91. The van der Waals surface area contributed by atoms with Gasteiger partial charge in [0.2, 0.25) is 0 Å². The Morgan fingerprint density at radius 1 is 0.970 bits per heavy atom. The topological polar surface area (TPSA) is 78.5 Å². The van der Waals surface area contributed by atoms with E-state index in [0.29, 0.717) is 12.1 Å². The number of carbonyl (C=O) groups excluding carboxylic acids is 3. The number of carbonyl (C=O) groups is 3. The number of hydrogen-bond acceptors (Lipinski definition) is 4. The Bertz CT molecular complexity index is 1100. The lowest BCUT2D eigenvalue weighted by Gasteiger charge is -2.29. The number of amides is 3. The smallest absolute Gasteiger partial charge is 0.278 e. The SMILES string of the molecule is Cc1cc(C)cc(NC(=O)c2ccc(CNC3=C(Cl)C(=O)N(C4CCCCC4)C3=O)cc2)c1. The van der Waals surface area contributed by atoms with Crippen LogP contribution in [0.5, 0.6) is 0 Å². The lowest BCUT2D eigenvalue weighted by atomic mass is 9.94. The van der Waals surface area contributed by atoms with Gasteiger partial charge in [-0.2, -0.15) is 0 Å². The normalized spacial score (nSPS) is 17.0. The highest BCUT2D eigenvalue weighted by Crippen LogP contribution is 2.30. The molecule has 2 aliphatic rings. The summed E-state index contributed by atoms with van der Waals surface area (Å²) in [5.41, 5.74) is 4.49. The van der Waals surface area contributed by atoms with Crippen LogP contribution in [0.1, 0.15) is 59.2 Å². The van der Waals surface area contributed by atoms with Gasteiger partial charge in [0.25, 0.3) is 17.7 Å². The summed E-state index contributed by atoms with van der Waals surface area (Å²) >= 11 is 6.22. The Morgan fingerprint density at radius 3 is 2.24 bits per heavy atom. The van der Waals surface area contributed by atoms with Crippen molar-refractivity contribution in [2.75, 3.05) is 5.32 Å². The van der Waals surface area contributed by atoms with Crippen LogP contribution in [0.25, 0.3) is 0 Å². The summed E-state index contributed by atoms with van der Waals surface area (Å²) in [4.78, 5) is 39.3. The predicted octanol–water partition coefficient (Wildman–Crippen LogP) is 4.80. The van der Waals surface area contributed by atoms with Gasteiger partial charge in [0, 0.05) is 23.8 Å². The van der Waals surface area contributed by atoms with Gasteiger partial charge in [-0.05, 0) is 67.6 Å². The Kier molecular flexibility index (Phi) is 6.84. The summed E-state index contributed by atoms with van der Waals surface area (Å²) < 4.78 is 0. The number of anilines is 1. The van der Waals surface area contributed by atoms with Crippen molar-refractivity contribution in [2.24, 2.45) is 0 Å². The zero-order valence-electron chi connectivity index (χ0n) is 18.9. The summed E-state index contributed by atoms with van der Waals surface area (Å²) in [7, 11) is 0. The standard InChI is InChI=1S/C26H28ClN3O3/c1-16-12-17(2)14-20(13-16)29-24(31)19-10-8-18(9-11-19)15-28-23-22(27)25(32)30(26(23)33)21-6-4-3-5-7-21/h8-14,21,28H,3-7,15H2,1-2H3,(H,29,31). The monoisotopic (exact) mass is 465 g/mol. The number of hydrogen-bond donors (Lipinski definition) is 2. The van der Waals surface area contributed by atoms with E-state index in [1.165, 1.54) is 4.90 Å². The molecule has 1 aliphatic heterocycles. The molecule has 1 saturated carbocycles. The molecule has 0 aromatic heterocycles. The van der Waals surface area contributed by atoms with E-state index in [0.717, 1.165) is 54.5 Å². The predicted molar refractivity (Wildman–Crippen MR) is 129 cm³/mol. The van der Waals surface area contributed by atoms with Gasteiger partial charge in [-0.3, -0.25) is 19.3 Å². The molecule has 0 bridgehead atoms. The van der Waals surface area contributed by atoms with Crippen molar-refractivity contribution in [3.8, 4) is 0 Å². The largest absolute Gasteiger partial charge is 0.375 e. The first kappa shape index (κ1) is 23.1. The maximum atomic E-state index is 12.9. The molecule has 2 N–H and O–H groups in total. The fourth-order valence-corrected chi connectivity index (χ4v) is 4.80. The Morgan fingerprint density at radius 2 is 1.61 bits per heavy atom. The number of aryl methyl sites for hydroxylation is 2. The molecule has 1 fully saturated rings. The molecule has 0 radical (unpaired) electrons. The van der Waals surface area contributed by atoms with E-state index in [1.54, 1.807) is 12.1 Å². The molecular weight excluding hydrogens is 438 g/mol. The first-order valence-corrected chi connectivity index (χ1v) is 11.7. The van der Waals surface area contributed by atoms with E-state index >= 15 is 0 Å². The van der Waals surface area contributed by atoms with Gasteiger partial charge in [-0.25, -0.2) is 0 Å². The molecule has 172 valence electrons. The lowest BCUT2D eigenvalue weighted by molar-refractivity contribution is -0.140. The molecule has 0 saturated heterocycles. The van der Waals surface area contributed by atoms with Crippen molar-refractivity contribution in [3.05, 3.63) is 75.4 Å². The molecule has 6 nitrogen and oxygen atoms in total. The number of halogens is 1. The average Bonchev–Trinajstić information content (AvgIpc) is 3.00. The maximum absolute atomic E-state index is 12.9.